The van der Waals surface area contributed by atoms with Gasteiger partial charge in [-0.3, -0.25) is 4.79 Å². The van der Waals surface area contributed by atoms with E-state index in [2.05, 4.69) is 0 Å². The number of aliphatic hydroxyl groups is 1. The molecule has 2 N–H and O–H groups in total. The molecule has 4 atom stereocenters. The molecule has 1 saturated carbocycles. The molecule has 0 unspecified atom stereocenters. The lowest BCUT2D eigenvalue weighted by molar-refractivity contribution is -0.139. The van der Waals surface area contributed by atoms with Crippen LogP contribution < -0.4 is 0 Å². The summed E-state index contributed by atoms with van der Waals surface area (Å²) in [5, 5.41) is 19.0. The minimum absolute atomic E-state index is 0.172. The Morgan fingerprint density at radius 3 is 2.50 bits per heavy atom. The molecular weight excluding hydrogens is 288 g/mol. The van der Waals surface area contributed by atoms with Crippen molar-refractivity contribution in [3.63, 3.8) is 0 Å². The van der Waals surface area contributed by atoms with E-state index in [-0.39, 0.29) is 25.4 Å². The van der Waals surface area contributed by atoms with Gasteiger partial charge in [-0.15, -0.1) is 0 Å². The van der Waals surface area contributed by atoms with Gasteiger partial charge in [-0.25, -0.2) is 4.79 Å². The van der Waals surface area contributed by atoms with Gasteiger partial charge < -0.3 is 19.7 Å². The zero-order valence-electron chi connectivity index (χ0n) is 12.3. The second-order valence-corrected chi connectivity index (χ2v) is 5.49. The maximum Gasteiger partial charge on any atom is 0.338 e. The maximum absolute atomic E-state index is 12.1. The fraction of sp³-hybridized carbons (Fsp3) is 0.500. The van der Waals surface area contributed by atoms with Gasteiger partial charge in [-0.2, -0.15) is 0 Å². The van der Waals surface area contributed by atoms with E-state index in [9.17, 15) is 14.7 Å². The number of carbonyl (C=O) groups is 2. The second kappa shape index (κ2) is 7.38. The number of carbonyl (C=O) groups excluding carboxylic acids is 1. The molecule has 0 heterocycles. The molecule has 0 aliphatic heterocycles. The zero-order chi connectivity index (χ0) is 16.1. The van der Waals surface area contributed by atoms with Crippen LogP contribution in [-0.4, -0.2) is 48.1 Å². The van der Waals surface area contributed by atoms with Crippen molar-refractivity contribution in [2.24, 2.45) is 11.8 Å². The standard InChI is InChI=1S/C16H20O6/c1-21-9-12-11(7-15(18)19)13(17)8-14(12)22-16(20)10-5-3-2-4-6-10/h2-6,11-14,17H,7-9H2,1H3,(H,18,19)/t11-,12-,13+,14+/m1/s1. The Morgan fingerprint density at radius 2 is 1.91 bits per heavy atom. The summed E-state index contributed by atoms with van der Waals surface area (Å²) in [5.41, 5.74) is 0.426. The molecule has 0 spiro atoms. The maximum atomic E-state index is 12.1. The number of aliphatic hydroxyl groups excluding tert-OH is 1. The number of ether oxygens (including phenoxy) is 2. The first kappa shape index (κ1) is 16.5. The number of hydrogen-bond donors (Lipinski definition) is 2. The first-order chi connectivity index (χ1) is 10.5. The summed E-state index contributed by atoms with van der Waals surface area (Å²) < 4.78 is 10.6. The van der Waals surface area contributed by atoms with Crippen LogP contribution in [0.4, 0.5) is 0 Å². The third-order valence-electron chi connectivity index (χ3n) is 4.03. The quantitative estimate of drug-likeness (QED) is 0.770. The second-order valence-electron chi connectivity index (χ2n) is 5.49. The lowest BCUT2D eigenvalue weighted by Crippen LogP contribution is -2.30. The third kappa shape index (κ3) is 3.84. The molecule has 1 fully saturated rings. The molecule has 1 aliphatic carbocycles. The van der Waals surface area contributed by atoms with Crippen molar-refractivity contribution in [2.45, 2.75) is 25.0 Å². The predicted octanol–water partition coefficient (Wildman–Crippen LogP) is 1.33. The topological polar surface area (TPSA) is 93.1 Å². The first-order valence-electron chi connectivity index (χ1n) is 7.17. The average Bonchev–Trinajstić information content (AvgIpc) is 2.76. The molecule has 0 bridgehead atoms. The van der Waals surface area contributed by atoms with Crippen molar-refractivity contribution < 1.29 is 29.3 Å². The Bertz CT molecular complexity index is 515. The smallest absolute Gasteiger partial charge is 0.338 e. The van der Waals surface area contributed by atoms with E-state index in [4.69, 9.17) is 14.6 Å². The summed E-state index contributed by atoms with van der Waals surface area (Å²) >= 11 is 0. The zero-order valence-corrected chi connectivity index (χ0v) is 12.3. The minimum Gasteiger partial charge on any atom is -0.481 e. The van der Waals surface area contributed by atoms with Gasteiger partial charge in [0, 0.05) is 25.4 Å². The third-order valence-corrected chi connectivity index (χ3v) is 4.03. The number of hydrogen-bond acceptors (Lipinski definition) is 5. The summed E-state index contributed by atoms with van der Waals surface area (Å²) in [6.07, 6.45) is -1.31. The van der Waals surface area contributed by atoms with E-state index in [1.807, 2.05) is 0 Å². The van der Waals surface area contributed by atoms with Crippen LogP contribution in [-0.2, 0) is 14.3 Å². The Morgan fingerprint density at radius 1 is 1.23 bits per heavy atom. The highest BCUT2D eigenvalue weighted by Gasteiger charge is 2.45. The highest BCUT2D eigenvalue weighted by Crippen LogP contribution is 2.37. The van der Waals surface area contributed by atoms with Gasteiger partial charge in [0.15, 0.2) is 0 Å². The normalized spacial score (nSPS) is 27.5. The predicted molar refractivity (Wildman–Crippen MR) is 77.4 cm³/mol. The van der Waals surface area contributed by atoms with Crippen LogP contribution in [0, 0.1) is 11.8 Å². The summed E-state index contributed by atoms with van der Waals surface area (Å²) in [7, 11) is 1.50. The van der Waals surface area contributed by atoms with Crippen molar-refractivity contribution in [2.75, 3.05) is 13.7 Å². The molecule has 6 nitrogen and oxygen atoms in total. The van der Waals surface area contributed by atoms with Gasteiger partial charge in [0.1, 0.15) is 6.10 Å². The van der Waals surface area contributed by atoms with Crippen LogP contribution in [0.25, 0.3) is 0 Å². The lowest BCUT2D eigenvalue weighted by atomic mass is 9.91. The number of benzene rings is 1. The Kier molecular flexibility index (Phi) is 5.51. The summed E-state index contributed by atoms with van der Waals surface area (Å²) in [6, 6.07) is 8.56. The van der Waals surface area contributed by atoms with Crippen molar-refractivity contribution >= 4 is 11.9 Å². The molecule has 0 aromatic heterocycles. The SMILES string of the molecule is COC[C@@H]1[C@@H](CC(=O)O)[C@@H](O)C[C@@H]1OC(=O)c1ccccc1. The molecule has 2 rings (SSSR count). The van der Waals surface area contributed by atoms with Gasteiger partial charge >= 0.3 is 11.9 Å². The van der Waals surface area contributed by atoms with Crippen LogP contribution in [0.5, 0.6) is 0 Å². The van der Waals surface area contributed by atoms with E-state index < -0.39 is 30.1 Å². The molecule has 0 amide bonds. The van der Waals surface area contributed by atoms with Crippen molar-refractivity contribution in [3.8, 4) is 0 Å². The fourth-order valence-electron chi connectivity index (χ4n) is 2.98. The van der Waals surface area contributed by atoms with Crippen LogP contribution in [0.15, 0.2) is 30.3 Å². The first-order valence-corrected chi connectivity index (χ1v) is 7.17. The van der Waals surface area contributed by atoms with Crippen LogP contribution >= 0.6 is 0 Å². The van der Waals surface area contributed by atoms with Crippen LogP contribution in [0.1, 0.15) is 23.2 Å². The van der Waals surface area contributed by atoms with Gasteiger partial charge in [0.05, 0.1) is 24.7 Å². The summed E-state index contributed by atoms with van der Waals surface area (Å²) in [6.45, 7) is 0.238. The Balaban J connectivity index is 2.08. The van der Waals surface area contributed by atoms with E-state index in [0.717, 1.165) is 0 Å². The fourth-order valence-corrected chi connectivity index (χ4v) is 2.98. The largest absolute Gasteiger partial charge is 0.481 e. The highest BCUT2D eigenvalue weighted by molar-refractivity contribution is 5.89. The Hall–Kier alpha value is -1.92. The van der Waals surface area contributed by atoms with Crippen molar-refractivity contribution in [1.29, 1.82) is 0 Å². The van der Waals surface area contributed by atoms with E-state index in [0.29, 0.717) is 5.56 Å². The summed E-state index contributed by atoms with van der Waals surface area (Å²) in [4.78, 5) is 23.1. The van der Waals surface area contributed by atoms with E-state index in [1.165, 1.54) is 7.11 Å². The minimum atomic E-state index is -0.986. The van der Waals surface area contributed by atoms with Gasteiger partial charge in [0.25, 0.3) is 0 Å². The van der Waals surface area contributed by atoms with Crippen LogP contribution in [0.2, 0.25) is 0 Å². The number of methoxy groups -OCH3 is 1. The molecule has 6 heteroatoms. The molecule has 22 heavy (non-hydrogen) atoms. The van der Waals surface area contributed by atoms with E-state index in [1.54, 1.807) is 30.3 Å². The number of rotatable bonds is 6. The lowest BCUT2D eigenvalue weighted by Gasteiger charge is -2.23. The van der Waals surface area contributed by atoms with E-state index >= 15 is 0 Å². The number of aliphatic carboxylic acids is 1. The Labute approximate surface area is 128 Å². The summed E-state index contributed by atoms with van der Waals surface area (Å²) in [5.74, 6) is -2.27. The molecular formula is C16H20O6. The average molecular weight is 308 g/mol. The van der Waals surface area contributed by atoms with Gasteiger partial charge in [-0.05, 0) is 12.1 Å². The molecule has 1 aromatic carbocycles. The molecule has 120 valence electrons. The molecule has 1 aliphatic rings. The van der Waals surface area contributed by atoms with Gasteiger partial charge in [0.2, 0.25) is 0 Å². The van der Waals surface area contributed by atoms with Crippen molar-refractivity contribution in [3.05, 3.63) is 35.9 Å². The molecule has 1 aromatic rings. The molecule has 0 saturated heterocycles. The number of carboxylic acids is 1. The monoisotopic (exact) mass is 308 g/mol. The highest BCUT2D eigenvalue weighted by atomic mass is 16.5. The van der Waals surface area contributed by atoms with Crippen molar-refractivity contribution in [1.82, 2.24) is 0 Å². The number of carboxylic acid groups (broad SMARTS) is 1. The molecule has 0 radical (unpaired) electrons. The van der Waals surface area contributed by atoms with Crippen LogP contribution in [0.3, 0.4) is 0 Å². The number of esters is 1. The van der Waals surface area contributed by atoms with Gasteiger partial charge in [-0.1, -0.05) is 18.2 Å².